The molecule has 3 rings (SSSR count). The summed E-state index contributed by atoms with van der Waals surface area (Å²) in [5.41, 5.74) is 0.951. The quantitative estimate of drug-likeness (QED) is 0.364. The van der Waals surface area contributed by atoms with Gasteiger partial charge in [0.15, 0.2) is 0 Å². The highest BCUT2D eigenvalue weighted by Crippen LogP contribution is 2.34. The van der Waals surface area contributed by atoms with Crippen molar-refractivity contribution in [2.75, 3.05) is 60.5 Å². The molecule has 1 unspecified atom stereocenters. The molecule has 4 atom stereocenters. The van der Waals surface area contributed by atoms with Crippen LogP contribution in [0.1, 0.15) is 43.8 Å². The van der Waals surface area contributed by atoms with E-state index >= 15 is 0 Å². The van der Waals surface area contributed by atoms with Gasteiger partial charge in [-0.2, -0.15) is 0 Å². The molecule has 2 fully saturated rings. The minimum atomic E-state index is -0.504. The highest BCUT2D eigenvalue weighted by atomic mass is 35.5. The number of nitrogens with one attached hydrogen (secondary N) is 3. The van der Waals surface area contributed by atoms with Gasteiger partial charge in [0.05, 0.1) is 19.8 Å². The second-order valence-electron chi connectivity index (χ2n) is 10.2. The summed E-state index contributed by atoms with van der Waals surface area (Å²) in [6.45, 7) is 3.25. The van der Waals surface area contributed by atoms with Gasteiger partial charge in [-0.15, -0.1) is 0 Å². The predicted octanol–water partition coefficient (Wildman–Crippen LogP) is 3.02. The molecule has 2 aliphatic heterocycles. The Morgan fingerprint density at radius 1 is 1.24 bits per heavy atom. The van der Waals surface area contributed by atoms with E-state index in [1.54, 1.807) is 4.90 Å². The Morgan fingerprint density at radius 3 is 2.76 bits per heavy atom. The predicted molar refractivity (Wildman–Crippen MR) is 146 cm³/mol. The van der Waals surface area contributed by atoms with Crippen molar-refractivity contribution in [1.29, 1.82) is 0 Å². The van der Waals surface area contributed by atoms with E-state index in [1.807, 2.05) is 43.3 Å². The fraction of sp³-hybridized carbons (Fsp3) is 0.667. The molecular formula is C27H42ClN5O5. The molecule has 0 aromatic heterocycles. The average molecular weight is 552 g/mol. The number of halogens is 1. The van der Waals surface area contributed by atoms with Crippen LogP contribution in [0.25, 0.3) is 0 Å². The van der Waals surface area contributed by atoms with Crippen molar-refractivity contribution in [1.82, 2.24) is 25.8 Å². The molecule has 11 heteroatoms. The molecule has 2 aliphatic rings. The summed E-state index contributed by atoms with van der Waals surface area (Å²) < 4.78 is 10.9. The largest absolute Gasteiger partial charge is 0.453 e. The van der Waals surface area contributed by atoms with E-state index in [1.165, 1.54) is 7.11 Å². The van der Waals surface area contributed by atoms with Gasteiger partial charge in [-0.1, -0.05) is 23.7 Å². The van der Waals surface area contributed by atoms with Crippen molar-refractivity contribution >= 4 is 29.6 Å². The van der Waals surface area contributed by atoms with Crippen molar-refractivity contribution in [2.24, 2.45) is 11.8 Å². The number of likely N-dealkylation sites (N-methyl/N-ethyl adjacent to an activating group) is 1. The number of methoxy groups -OCH3 is 1. The Balaban J connectivity index is 1.62. The molecule has 2 saturated heterocycles. The highest BCUT2D eigenvalue weighted by Gasteiger charge is 2.33. The number of alkyl carbamates (subject to hydrolysis) is 1. The number of likely N-dealkylation sites (tertiary alicyclic amines) is 2. The van der Waals surface area contributed by atoms with Crippen LogP contribution in [0.4, 0.5) is 9.59 Å². The number of urea groups is 1. The third-order valence-electron chi connectivity index (χ3n) is 7.32. The number of ether oxygens (including phenoxy) is 2. The number of hydrogen-bond donors (Lipinski definition) is 3. The maximum absolute atomic E-state index is 13.4. The Labute approximate surface area is 230 Å². The lowest BCUT2D eigenvalue weighted by atomic mass is 9.88. The van der Waals surface area contributed by atoms with E-state index in [-0.39, 0.29) is 30.0 Å². The summed E-state index contributed by atoms with van der Waals surface area (Å²) in [5, 5.41) is 9.70. The van der Waals surface area contributed by atoms with Gasteiger partial charge in [-0.25, -0.2) is 9.59 Å². The molecule has 0 aliphatic carbocycles. The van der Waals surface area contributed by atoms with Crippen molar-refractivity contribution in [3.63, 3.8) is 0 Å². The molecule has 212 valence electrons. The van der Waals surface area contributed by atoms with Gasteiger partial charge in [-0.05, 0) is 56.3 Å². The van der Waals surface area contributed by atoms with E-state index in [9.17, 15) is 14.4 Å². The van der Waals surface area contributed by atoms with Crippen LogP contribution in [0, 0.1) is 11.8 Å². The number of carbonyl (C=O) groups excluding carboxylic acids is 3. The van der Waals surface area contributed by atoms with Gasteiger partial charge in [-0.3, -0.25) is 4.79 Å². The van der Waals surface area contributed by atoms with Crippen molar-refractivity contribution in [3.8, 4) is 0 Å². The third kappa shape index (κ3) is 9.03. The summed E-state index contributed by atoms with van der Waals surface area (Å²) in [4.78, 5) is 40.3. The van der Waals surface area contributed by atoms with Crippen molar-refractivity contribution < 1.29 is 23.9 Å². The smallest absolute Gasteiger partial charge is 0.406 e. The lowest BCUT2D eigenvalue weighted by Gasteiger charge is -2.38. The number of nitrogens with zero attached hydrogens (tertiary/aromatic N) is 2. The summed E-state index contributed by atoms with van der Waals surface area (Å²) in [6.07, 6.45) is 3.24. The molecule has 0 radical (unpaired) electrons. The topological polar surface area (TPSA) is 112 Å². The highest BCUT2D eigenvalue weighted by molar-refractivity contribution is 6.30. The standard InChI is InChI=1S/C27H42ClN5O5/c1-29-16-23(14-19-9-10-24(34)32(2)17-19)31-26(35)33-12-5-7-21(18-33)25(20-6-4-8-22(28)15-20)38-13-11-30-27(36)37-3/h4,6,8,15,19,21,23,25,29H,5,7,9-14,16-18H2,1-3H3,(H,30,36)(H,31,35)/t19-,21-,23?,25+/m1/s1. The summed E-state index contributed by atoms with van der Waals surface area (Å²) in [7, 11) is 5.05. The Bertz CT molecular complexity index is 935. The molecule has 3 N–H and O–H groups in total. The van der Waals surface area contributed by atoms with E-state index < -0.39 is 6.09 Å². The Kier molecular flexibility index (Phi) is 11.9. The van der Waals surface area contributed by atoms with E-state index in [2.05, 4.69) is 20.7 Å². The Hall–Kier alpha value is -2.56. The zero-order valence-electron chi connectivity index (χ0n) is 22.7. The maximum atomic E-state index is 13.4. The first-order chi connectivity index (χ1) is 18.3. The average Bonchev–Trinajstić information content (AvgIpc) is 2.90. The molecule has 10 nitrogen and oxygen atoms in total. The van der Waals surface area contributed by atoms with Gasteiger partial charge < -0.3 is 35.2 Å². The van der Waals surface area contributed by atoms with Crippen LogP contribution in [0.5, 0.6) is 0 Å². The lowest BCUT2D eigenvalue weighted by molar-refractivity contribution is -0.133. The van der Waals surface area contributed by atoms with Crippen LogP contribution in [-0.4, -0.2) is 94.4 Å². The van der Waals surface area contributed by atoms with Crippen LogP contribution in [0.3, 0.4) is 0 Å². The summed E-state index contributed by atoms with van der Waals surface area (Å²) in [5.74, 6) is 0.629. The number of amides is 4. The zero-order chi connectivity index (χ0) is 27.5. The molecule has 0 saturated carbocycles. The number of carbonyl (C=O) groups is 3. The first-order valence-corrected chi connectivity index (χ1v) is 13.8. The molecular weight excluding hydrogens is 510 g/mol. The fourth-order valence-electron chi connectivity index (χ4n) is 5.44. The van der Waals surface area contributed by atoms with Crippen LogP contribution < -0.4 is 16.0 Å². The summed E-state index contributed by atoms with van der Waals surface area (Å²) >= 11 is 6.28. The SMILES string of the molecule is CNCC(C[C@H]1CCC(=O)N(C)C1)NC(=O)N1CCC[C@@H]([C@@H](OCCNC(=O)OC)c2cccc(Cl)c2)C1. The molecule has 0 spiro atoms. The van der Waals surface area contributed by atoms with Crippen LogP contribution in [-0.2, 0) is 14.3 Å². The molecule has 38 heavy (non-hydrogen) atoms. The van der Waals surface area contributed by atoms with Crippen molar-refractivity contribution in [2.45, 2.75) is 44.2 Å². The number of hydrogen-bond acceptors (Lipinski definition) is 6. The van der Waals surface area contributed by atoms with Gasteiger partial charge in [0.2, 0.25) is 5.91 Å². The molecule has 4 amide bonds. The van der Waals surface area contributed by atoms with Crippen molar-refractivity contribution in [3.05, 3.63) is 34.9 Å². The van der Waals surface area contributed by atoms with E-state index in [0.717, 1.165) is 37.8 Å². The number of piperidine rings is 2. The second kappa shape index (κ2) is 15.1. The molecule has 1 aromatic rings. The first-order valence-electron chi connectivity index (χ1n) is 13.4. The number of rotatable bonds is 11. The van der Waals surface area contributed by atoms with E-state index in [0.29, 0.717) is 50.1 Å². The van der Waals surface area contributed by atoms with Crippen LogP contribution in [0.2, 0.25) is 5.02 Å². The van der Waals surface area contributed by atoms with Crippen LogP contribution >= 0.6 is 11.6 Å². The fourth-order valence-corrected chi connectivity index (χ4v) is 5.64. The van der Waals surface area contributed by atoms with Crippen LogP contribution in [0.15, 0.2) is 24.3 Å². The monoisotopic (exact) mass is 551 g/mol. The first kappa shape index (κ1) is 30.0. The van der Waals surface area contributed by atoms with Gasteiger partial charge in [0.1, 0.15) is 0 Å². The van der Waals surface area contributed by atoms with Gasteiger partial charge in [0.25, 0.3) is 0 Å². The molecule has 0 bridgehead atoms. The minimum absolute atomic E-state index is 0.0242. The molecule has 2 heterocycles. The maximum Gasteiger partial charge on any atom is 0.406 e. The number of benzene rings is 1. The van der Waals surface area contributed by atoms with Gasteiger partial charge in [0, 0.05) is 63.2 Å². The Morgan fingerprint density at radius 2 is 2.05 bits per heavy atom. The van der Waals surface area contributed by atoms with E-state index in [4.69, 9.17) is 16.3 Å². The van der Waals surface area contributed by atoms with Gasteiger partial charge >= 0.3 is 12.1 Å². The lowest BCUT2D eigenvalue weighted by Crippen LogP contribution is -2.52. The minimum Gasteiger partial charge on any atom is -0.453 e. The third-order valence-corrected chi connectivity index (χ3v) is 7.56. The normalized spacial score (nSPS) is 21.5. The second-order valence-corrected chi connectivity index (χ2v) is 10.7. The summed E-state index contributed by atoms with van der Waals surface area (Å²) in [6, 6.07) is 7.50. The molecule has 1 aromatic carbocycles. The zero-order valence-corrected chi connectivity index (χ0v) is 23.5.